The van der Waals surface area contributed by atoms with Gasteiger partial charge in [0, 0.05) is 18.8 Å². The van der Waals surface area contributed by atoms with Crippen molar-refractivity contribution in [3.05, 3.63) is 35.9 Å². The second-order valence-corrected chi connectivity index (χ2v) is 3.40. The number of tetrazole rings is 1. The van der Waals surface area contributed by atoms with Gasteiger partial charge in [-0.15, -0.1) is 10.2 Å². The highest BCUT2D eigenvalue weighted by Crippen LogP contribution is 2.13. The number of hydrogen-bond acceptors (Lipinski definition) is 6. The smallest absolute Gasteiger partial charge is 0.176 e. The number of nitrogens with one attached hydrogen (secondary N) is 1. The van der Waals surface area contributed by atoms with Crippen LogP contribution in [0.15, 0.2) is 24.5 Å². The zero-order valence-electron chi connectivity index (χ0n) is 8.91. The van der Waals surface area contributed by atoms with Crippen molar-refractivity contribution in [2.45, 2.75) is 12.5 Å². The maximum Gasteiger partial charge on any atom is 0.176 e. The average molecular weight is 219 g/mol. The van der Waals surface area contributed by atoms with E-state index in [-0.39, 0.29) is 6.04 Å². The van der Waals surface area contributed by atoms with Crippen LogP contribution < -0.4 is 11.3 Å². The van der Waals surface area contributed by atoms with Crippen LogP contribution in [0.1, 0.15) is 17.4 Å². The largest absolute Gasteiger partial charge is 0.271 e. The van der Waals surface area contributed by atoms with Crippen LogP contribution in [0.3, 0.4) is 0 Å². The van der Waals surface area contributed by atoms with E-state index < -0.39 is 0 Å². The minimum atomic E-state index is -0.0575. The first-order valence-corrected chi connectivity index (χ1v) is 4.88. The van der Waals surface area contributed by atoms with E-state index in [2.05, 4.69) is 25.8 Å². The lowest BCUT2D eigenvalue weighted by atomic mass is 10.1. The second-order valence-electron chi connectivity index (χ2n) is 3.40. The van der Waals surface area contributed by atoms with Crippen LogP contribution in [-0.4, -0.2) is 25.2 Å². The van der Waals surface area contributed by atoms with Crippen LogP contribution in [0.2, 0.25) is 0 Å². The number of hydrazine groups is 1. The van der Waals surface area contributed by atoms with E-state index in [9.17, 15) is 0 Å². The summed E-state index contributed by atoms with van der Waals surface area (Å²) in [6.45, 7) is 0. The minimum absolute atomic E-state index is 0.0575. The number of nitrogens with zero attached hydrogens (tertiary/aromatic N) is 5. The van der Waals surface area contributed by atoms with E-state index in [0.29, 0.717) is 12.2 Å². The predicted octanol–water partition coefficient (Wildman–Crippen LogP) is -0.648. The quantitative estimate of drug-likeness (QED) is 0.524. The molecule has 0 radical (unpaired) electrons. The maximum absolute atomic E-state index is 5.50. The van der Waals surface area contributed by atoms with Gasteiger partial charge < -0.3 is 0 Å². The molecule has 7 nitrogen and oxygen atoms in total. The lowest BCUT2D eigenvalue weighted by Crippen LogP contribution is -2.30. The van der Waals surface area contributed by atoms with Gasteiger partial charge in [0.2, 0.25) is 0 Å². The molecule has 3 N–H and O–H groups in total. The molecule has 84 valence electrons. The summed E-state index contributed by atoms with van der Waals surface area (Å²) in [6.07, 6.45) is 4.06. The van der Waals surface area contributed by atoms with Gasteiger partial charge in [-0.2, -0.15) is 4.80 Å². The summed E-state index contributed by atoms with van der Waals surface area (Å²) < 4.78 is 0. The fourth-order valence-electron chi connectivity index (χ4n) is 1.44. The van der Waals surface area contributed by atoms with Gasteiger partial charge in [0.1, 0.15) is 0 Å². The van der Waals surface area contributed by atoms with Crippen LogP contribution in [-0.2, 0) is 13.5 Å². The molecule has 0 bridgehead atoms. The molecule has 16 heavy (non-hydrogen) atoms. The van der Waals surface area contributed by atoms with E-state index >= 15 is 0 Å². The maximum atomic E-state index is 5.50. The predicted molar refractivity (Wildman–Crippen MR) is 56.8 cm³/mol. The van der Waals surface area contributed by atoms with E-state index in [4.69, 9.17) is 5.84 Å². The standard InChI is InChI=1S/C9H13N7/c1-16-14-9(13-15-16)5-8(12-10)7-3-2-4-11-6-7/h2-4,6,8,12H,5,10H2,1H3. The third-order valence-corrected chi connectivity index (χ3v) is 2.22. The van der Waals surface area contributed by atoms with Gasteiger partial charge in [-0.3, -0.25) is 16.3 Å². The van der Waals surface area contributed by atoms with Crippen LogP contribution >= 0.6 is 0 Å². The first kappa shape index (κ1) is 10.7. The van der Waals surface area contributed by atoms with Gasteiger partial charge in [-0.05, 0) is 16.8 Å². The molecule has 2 aromatic heterocycles. The Morgan fingerprint density at radius 3 is 3.00 bits per heavy atom. The Labute approximate surface area is 92.6 Å². The molecule has 0 aliphatic heterocycles. The number of nitrogens with two attached hydrogens (primary N) is 1. The first-order chi connectivity index (χ1) is 7.79. The van der Waals surface area contributed by atoms with E-state index in [1.54, 1.807) is 19.4 Å². The Kier molecular flexibility index (Phi) is 3.18. The van der Waals surface area contributed by atoms with Crippen molar-refractivity contribution in [3.8, 4) is 0 Å². The molecule has 2 aromatic rings. The molecule has 2 heterocycles. The molecule has 0 aliphatic rings. The monoisotopic (exact) mass is 219 g/mol. The summed E-state index contributed by atoms with van der Waals surface area (Å²) >= 11 is 0. The van der Waals surface area contributed by atoms with Crippen LogP contribution in [0.25, 0.3) is 0 Å². The number of hydrogen-bond donors (Lipinski definition) is 2. The summed E-state index contributed by atoms with van der Waals surface area (Å²) in [6, 6.07) is 3.76. The molecular formula is C9H13N7. The summed E-state index contributed by atoms with van der Waals surface area (Å²) in [4.78, 5) is 5.47. The third kappa shape index (κ3) is 2.38. The van der Waals surface area contributed by atoms with Crippen molar-refractivity contribution < 1.29 is 0 Å². The van der Waals surface area contributed by atoms with E-state index in [0.717, 1.165) is 5.56 Å². The Morgan fingerprint density at radius 2 is 2.44 bits per heavy atom. The molecule has 0 saturated carbocycles. The van der Waals surface area contributed by atoms with Gasteiger partial charge in [-0.25, -0.2) is 0 Å². The van der Waals surface area contributed by atoms with Gasteiger partial charge >= 0.3 is 0 Å². The van der Waals surface area contributed by atoms with Gasteiger partial charge in [-0.1, -0.05) is 6.07 Å². The second kappa shape index (κ2) is 4.77. The highest BCUT2D eigenvalue weighted by Gasteiger charge is 2.13. The highest BCUT2D eigenvalue weighted by atomic mass is 15.6. The Balaban J connectivity index is 2.12. The molecule has 0 aromatic carbocycles. The number of aromatic nitrogens is 5. The summed E-state index contributed by atoms with van der Waals surface area (Å²) in [5.41, 5.74) is 3.72. The van der Waals surface area contributed by atoms with Crippen LogP contribution in [0.4, 0.5) is 0 Å². The van der Waals surface area contributed by atoms with Crippen molar-refractivity contribution in [1.29, 1.82) is 0 Å². The number of aryl methyl sites for hydroxylation is 1. The molecule has 0 amide bonds. The summed E-state index contributed by atoms with van der Waals surface area (Å²) in [5, 5.41) is 11.8. The molecular weight excluding hydrogens is 206 g/mol. The van der Waals surface area contributed by atoms with E-state index in [1.807, 2.05) is 12.1 Å². The van der Waals surface area contributed by atoms with Crippen molar-refractivity contribution >= 4 is 0 Å². The van der Waals surface area contributed by atoms with Crippen molar-refractivity contribution in [2.24, 2.45) is 12.9 Å². The molecule has 1 unspecified atom stereocenters. The molecule has 7 heteroatoms. The SMILES string of the molecule is Cn1nnc(CC(NN)c2cccnc2)n1. The number of pyridine rings is 1. The fraction of sp³-hybridized carbons (Fsp3) is 0.333. The lowest BCUT2D eigenvalue weighted by molar-refractivity contribution is 0.534. The van der Waals surface area contributed by atoms with Gasteiger partial charge in [0.25, 0.3) is 0 Å². The topological polar surface area (TPSA) is 94.5 Å². The molecule has 0 aliphatic carbocycles. The fourth-order valence-corrected chi connectivity index (χ4v) is 1.44. The van der Waals surface area contributed by atoms with Crippen LogP contribution in [0.5, 0.6) is 0 Å². The third-order valence-electron chi connectivity index (χ3n) is 2.22. The molecule has 2 rings (SSSR count). The average Bonchev–Trinajstić information content (AvgIpc) is 2.73. The Hall–Kier alpha value is -1.86. The lowest BCUT2D eigenvalue weighted by Gasteiger charge is -2.13. The Bertz CT molecular complexity index is 438. The van der Waals surface area contributed by atoms with E-state index in [1.165, 1.54) is 4.80 Å². The van der Waals surface area contributed by atoms with Gasteiger partial charge in [0.15, 0.2) is 5.82 Å². The van der Waals surface area contributed by atoms with Crippen molar-refractivity contribution in [1.82, 2.24) is 30.6 Å². The first-order valence-electron chi connectivity index (χ1n) is 4.88. The minimum Gasteiger partial charge on any atom is -0.271 e. The summed E-state index contributed by atoms with van der Waals surface area (Å²) in [7, 11) is 1.73. The van der Waals surface area contributed by atoms with Crippen molar-refractivity contribution in [3.63, 3.8) is 0 Å². The van der Waals surface area contributed by atoms with Crippen LogP contribution in [0, 0.1) is 0 Å². The summed E-state index contributed by atoms with van der Waals surface area (Å²) in [5.74, 6) is 6.15. The molecule has 0 fully saturated rings. The molecule has 0 saturated heterocycles. The zero-order valence-corrected chi connectivity index (χ0v) is 8.91. The zero-order chi connectivity index (χ0) is 11.4. The normalized spacial score (nSPS) is 12.6. The number of rotatable bonds is 4. The molecule has 1 atom stereocenters. The highest BCUT2D eigenvalue weighted by molar-refractivity contribution is 5.14. The Morgan fingerprint density at radius 1 is 1.56 bits per heavy atom. The molecule has 0 spiro atoms. The van der Waals surface area contributed by atoms with Gasteiger partial charge in [0.05, 0.1) is 13.1 Å². The van der Waals surface area contributed by atoms with Crippen molar-refractivity contribution in [2.75, 3.05) is 0 Å².